The Kier molecular flexibility index (Phi) is 4.97. The molecule has 1 aliphatic rings. The highest BCUT2D eigenvalue weighted by atomic mass is 32.2. The van der Waals surface area contributed by atoms with Crippen molar-refractivity contribution in [1.82, 2.24) is 0 Å². The number of nitrogens with one attached hydrogen (secondary N) is 1. The van der Waals surface area contributed by atoms with Crippen LogP contribution in [0.4, 0.5) is 18.9 Å². The molecule has 27 heavy (non-hydrogen) atoms. The van der Waals surface area contributed by atoms with Crippen molar-refractivity contribution < 1.29 is 31.1 Å². The van der Waals surface area contributed by atoms with E-state index in [4.69, 9.17) is 4.74 Å². The first kappa shape index (κ1) is 19.0. The maximum Gasteiger partial charge on any atom is 0.416 e. The molecule has 0 fully saturated rings. The third-order valence-corrected chi connectivity index (χ3v) is 5.55. The SMILES string of the molecule is O=C(Nc1cccc(C(F)(F)F)c1)C1=C(c2ccccc2)S(=O)(=O)CCO1. The lowest BCUT2D eigenvalue weighted by Crippen LogP contribution is -2.28. The van der Waals surface area contributed by atoms with Gasteiger partial charge in [0.2, 0.25) is 5.76 Å². The highest BCUT2D eigenvalue weighted by Crippen LogP contribution is 2.32. The predicted molar refractivity (Wildman–Crippen MR) is 93.2 cm³/mol. The van der Waals surface area contributed by atoms with Crippen molar-refractivity contribution in [2.75, 3.05) is 17.7 Å². The van der Waals surface area contributed by atoms with Crippen molar-refractivity contribution in [2.24, 2.45) is 0 Å². The van der Waals surface area contributed by atoms with E-state index in [9.17, 15) is 26.4 Å². The predicted octanol–water partition coefficient (Wildman–Crippen LogP) is 3.46. The molecule has 0 atom stereocenters. The molecular formula is C18H14F3NO4S. The first-order chi connectivity index (χ1) is 12.7. The Bertz CT molecular complexity index is 999. The minimum Gasteiger partial charge on any atom is -0.486 e. The summed E-state index contributed by atoms with van der Waals surface area (Å²) < 4.78 is 68.7. The molecule has 1 amide bonds. The average molecular weight is 397 g/mol. The van der Waals surface area contributed by atoms with Crippen LogP contribution in [0.3, 0.4) is 0 Å². The summed E-state index contributed by atoms with van der Waals surface area (Å²) in [5.74, 6) is -1.67. The third-order valence-electron chi connectivity index (χ3n) is 3.81. The second-order valence-corrected chi connectivity index (χ2v) is 7.77. The summed E-state index contributed by atoms with van der Waals surface area (Å²) in [4.78, 5) is 12.3. The largest absolute Gasteiger partial charge is 0.486 e. The number of sulfone groups is 1. The molecule has 0 aliphatic carbocycles. The zero-order valence-electron chi connectivity index (χ0n) is 13.8. The average Bonchev–Trinajstić information content (AvgIpc) is 2.61. The molecule has 5 nitrogen and oxygen atoms in total. The van der Waals surface area contributed by atoms with Gasteiger partial charge in [-0.15, -0.1) is 0 Å². The Morgan fingerprint density at radius 1 is 1.04 bits per heavy atom. The lowest BCUT2D eigenvalue weighted by molar-refractivity contribution is -0.137. The number of halogens is 3. The number of ether oxygens (including phenoxy) is 1. The molecule has 0 unspecified atom stereocenters. The molecule has 1 heterocycles. The van der Waals surface area contributed by atoms with Gasteiger partial charge in [-0.25, -0.2) is 8.42 Å². The fraction of sp³-hybridized carbons (Fsp3) is 0.167. The Hall–Kier alpha value is -2.81. The Morgan fingerprint density at radius 2 is 1.74 bits per heavy atom. The van der Waals surface area contributed by atoms with Crippen molar-refractivity contribution >= 4 is 26.3 Å². The van der Waals surface area contributed by atoms with Crippen LogP contribution >= 0.6 is 0 Å². The summed E-state index contributed by atoms with van der Waals surface area (Å²) in [5, 5.41) is 2.28. The molecule has 9 heteroatoms. The van der Waals surface area contributed by atoms with Gasteiger partial charge < -0.3 is 10.1 Å². The fourth-order valence-corrected chi connectivity index (χ4v) is 4.03. The van der Waals surface area contributed by atoms with Gasteiger partial charge in [0.15, 0.2) is 9.84 Å². The Balaban J connectivity index is 2.00. The van der Waals surface area contributed by atoms with Gasteiger partial charge in [0.05, 0.1) is 11.3 Å². The van der Waals surface area contributed by atoms with Crippen molar-refractivity contribution in [3.05, 3.63) is 71.5 Å². The summed E-state index contributed by atoms with van der Waals surface area (Å²) in [7, 11) is -3.78. The van der Waals surface area contributed by atoms with E-state index in [1.807, 2.05) is 0 Å². The lowest BCUT2D eigenvalue weighted by Gasteiger charge is -2.21. The number of anilines is 1. The lowest BCUT2D eigenvalue weighted by atomic mass is 10.1. The first-order valence-corrected chi connectivity index (χ1v) is 9.47. The highest BCUT2D eigenvalue weighted by molar-refractivity contribution is 8.00. The highest BCUT2D eigenvalue weighted by Gasteiger charge is 2.34. The zero-order valence-corrected chi connectivity index (χ0v) is 14.6. The van der Waals surface area contributed by atoms with Crippen LogP contribution in [0.15, 0.2) is 60.4 Å². The number of carbonyl (C=O) groups excluding carboxylic acids is 1. The second-order valence-electron chi connectivity index (χ2n) is 5.72. The molecule has 0 spiro atoms. The molecule has 3 rings (SSSR count). The summed E-state index contributed by atoms with van der Waals surface area (Å²) in [6.45, 7) is -0.218. The molecule has 2 aromatic rings. The summed E-state index contributed by atoms with van der Waals surface area (Å²) in [6, 6.07) is 12.0. The van der Waals surface area contributed by atoms with Crippen LogP contribution in [0.1, 0.15) is 11.1 Å². The molecule has 0 radical (unpaired) electrons. The maximum absolute atomic E-state index is 12.8. The topological polar surface area (TPSA) is 72.5 Å². The minimum atomic E-state index is -4.57. The summed E-state index contributed by atoms with van der Waals surface area (Å²) >= 11 is 0. The van der Waals surface area contributed by atoms with Gasteiger partial charge in [-0.3, -0.25) is 4.79 Å². The van der Waals surface area contributed by atoms with E-state index in [0.29, 0.717) is 0 Å². The molecule has 0 aromatic heterocycles. The first-order valence-electron chi connectivity index (χ1n) is 7.82. The maximum atomic E-state index is 12.8. The third kappa shape index (κ3) is 4.13. The van der Waals surface area contributed by atoms with Crippen LogP contribution in [0.2, 0.25) is 0 Å². The van der Waals surface area contributed by atoms with Crippen molar-refractivity contribution in [2.45, 2.75) is 6.18 Å². The van der Waals surface area contributed by atoms with Crippen molar-refractivity contribution in [1.29, 1.82) is 0 Å². The van der Waals surface area contributed by atoms with Crippen LogP contribution < -0.4 is 5.32 Å². The van der Waals surface area contributed by atoms with Gasteiger partial charge in [0.1, 0.15) is 11.5 Å². The van der Waals surface area contributed by atoms with E-state index in [1.165, 1.54) is 18.2 Å². The van der Waals surface area contributed by atoms with Crippen LogP contribution in [0.25, 0.3) is 4.91 Å². The van der Waals surface area contributed by atoms with Crippen LogP contribution in [0, 0.1) is 0 Å². The molecule has 0 saturated carbocycles. The molecule has 0 saturated heterocycles. The number of hydrogen-bond donors (Lipinski definition) is 1. The zero-order chi connectivity index (χ0) is 19.7. The Morgan fingerprint density at radius 3 is 2.41 bits per heavy atom. The van der Waals surface area contributed by atoms with E-state index < -0.39 is 33.2 Å². The van der Waals surface area contributed by atoms with Gasteiger partial charge in [-0.1, -0.05) is 36.4 Å². The fourth-order valence-electron chi connectivity index (χ4n) is 2.59. The minimum absolute atomic E-state index is 0.124. The number of alkyl halides is 3. The summed E-state index contributed by atoms with van der Waals surface area (Å²) in [6.07, 6.45) is -4.57. The van der Waals surface area contributed by atoms with Gasteiger partial charge in [-0.2, -0.15) is 13.2 Å². The van der Waals surface area contributed by atoms with E-state index in [0.717, 1.165) is 18.2 Å². The number of benzene rings is 2. The number of hydrogen-bond acceptors (Lipinski definition) is 4. The second kappa shape index (κ2) is 7.07. The van der Waals surface area contributed by atoms with E-state index in [2.05, 4.69) is 5.32 Å². The molecule has 0 bridgehead atoms. The van der Waals surface area contributed by atoms with E-state index in [1.54, 1.807) is 18.2 Å². The molecular weight excluding hydrogens is 383 g/mol. The van der Waals surface area contributed by atoms with Gasteiger partial charge in [0.25, 0.3) is 5.91 Å². The van der Waals surface area contributed by atoms with Crippen LogP contribution in [-0.4, -0.2) is 26.7 Å². The van der Waals surface area contributed by atoms with E-state index >= 15 is 0 Å². The normalized spacial score (nSPS) is 16.6. The smallest absolute Gasteiger partial charge is 0.416 e. The Labute approximate surface area is 153 Å². The standard InChI is InChI=1S/C18H14F3NO4S/c19-18(20,21)13-7-4-8-14(11-13)22-17(23)15-16(12-5-2-1-3-6-12)27(24,25)10-9-26-15/h1-8,11H,9-10H2,(H,22,23). The van der Waals surface area contributed by atoms with Gasteiger partial charge in [0, 0.05) is 5.69 Å². The number of amides is 1. The van der Waals surface area contributed by atoms with Crippen LogP contribution in [-0.2, 0) is 25.5 Å². The van der Waals surface area contributed by atoms with Gasteiger partial charge >= 0.3 is 6.18 Å². The van der Waals surface area contributed by atoms with E-state index in [-0.39, 0.29) is 28.5 Å². The number of rotatable bonds is 3. The monoisotopic (exact) mass is 397 g/mol. The molecule has 1 aliphatic heterocycles. The van der Waals surface area contributed by atoms with Gasteiger partial charge in [-0.05, 0) is 23.8 Å². The number of carbonyl (C=O) groups is 1. The van der Waals surface area contributed by atoms with Crippen LogP contribution in [0.5, 0.6) is 0 Å². The molecule has 2 aromatic carbocycles. The van der Waals surface area contributed by atoms with Crippen molar-refractivity contribution in [3.63, 3.8) is 0 Å². The molecule has 142 valence electrons. The summed E-state index contributed by atoms with van der Waals surface area (Å²) in [5.41, 5.74) is -0.789. The quantitative estimate of drug-likeness (QED) is 0.861. The van der Waals surface area contributed by atoms with Crippen molar-refractivity contribution in [3.8, 4) is 0 Å². The molecule has 1 N–H and O–H groups in total.